The van der Waals surface area contributed by atoms with E-state index in [-0.39, 0.29) is 30.6 Å². The van der Waals surface area contributed by atoms with Gasteiger partial charge in [0, 0.05) is 54.5 Å². The Kier molecular flexibility index (Phi) is 19.0. The van der Waals surface area contributed by atoms with Crippen LogP contribution in [0.3, 0.4) is 0 Å². The number of benzene rings is 3. The highest BCUT2D eigenvalue weighted by Gasteiger charge is 2.43. The molecule has 0 spiro atoms. The molecule has 0 bridgehead atoms. The third-order valence-corrected chi connectivity index (χ3v) is 18.3. The lowest BCUT2D eigenvalue weighted by Crippen LogP contribution is -2.64. The molecule has 1 aliphatic heterocycles. The summed E-state index contributed by atoms with van der Waals surface area (Å²) in [4.78, 5) is 49.0. The highest BCUT2D eigenvalue weighted by atomic mass is 35.5. The van der Waals surface area contributed by atoms with E-state index in [0.717, 1.165) is 28.2 Å². The predicted octanol–water partition coefficient (Wildman–Crippen LogP) is 10.6. The molecule has 1 aliphatic rings. The Balaban J connectivity index is 1.34. The van der Waals surface area contributed by atoms with Crippen LogP contribution in [0.4, 0.5) is 13.2 Å². The van der Waals surface area contributed by atoms with Gasteiger partial charge < -0.3 is 39.3 Å². The van der Waals surface area contributed by atoms with E-state index in [0.29, 0.717) is 66.7 Å². The molecule has 5 rings (SSSR count). The van der Waals surface area contributed by atoms with Gasteiger partial charge in [-0.05, 0) is 136 Å². The zero-order valence-corrected chi connectivity index (χ0v) is 43.8. The lowest BCUT2D eigenvalue weighted by Gasteiger charge is -2.45. The molecule has 3 aromatic carbocycles. The SMILES string of the molecule is C[C@H](CCc1ccc(Cl)cc1Oc1ccc(-c2cnc(CN(C)C)n2C)cc1)C(=O)N[C@@H](CO[Si](C)(C)C(C)(C)C)C(=O)N[C@@]1(Cc2ccc(Cl)cc2)CCCN(C[C@@H](CC(=O)O)CC(F)(F)F)C1. The number of likely N-dealkylation sites (tertiary alicyclic amines) is 1. The summed E-state index contributed by atoms with van der Waals surface area (Å²) < 4.78 is 55.9. The van der Waals surface area contributed by atoms with Crippen LogP contribution in [-0.4, -0.2) is 109 Å². The van der Waals surface area contributed by atoms with Crippen LogP contribution in [0.2, 0.25) is 28.2 Å². The lowest BCUT2D eigenvalue weighted by atomic mass is 9.82. The van der Waals surface area contributed by atoms with Gasteiger partial charge in [-0.1, -0.05) is 69.1 Å². The summed E-state index contributed by atoms with van der Waals surface area (Å²) in [6.07, 6.45) is -2.39. The van der Waals surface area contributed by atoms with Crippen LogP contribution in [-0.2, 0) is 45.2 Å². The fourth-order valence-corrected chi connectivity index (χ4v) is 9.76. The second kappa shape index (κ2) is 23.6. The number of halogens is 5. The van der Waals surface area contributed by atoms with Gasteiger partial charge in [0.1, 0.15) is 23.4 Å². The zero-order valence-electron chi connectivity index (χ0n) is 41.3. The maximum absolute atomic E-state index is 14.7. The quantitative estimate of drug-likeness (QED) is 0.0657. The standard InChI is InChI=1S/C51H69Cl2F3N6O6Si/c1-34(11-14-38-15-20-40(53)26-44(38)68-41-21-16-37(17-22-41)43-29-57-45(61(43)7)31-60(5)6)47(65)58-42(32-67-69(8,9)49(2,3)4)48(66)59-50(27-35-12-18-39(52)19-13-35)23-10-24-62(33-50)30-36(25-46(63)64)28-51(54,55)56/h12-13,15-22,26,29,34,36,42H,10-11,14,23-25,27-28,30-33H2,1-9H3,(H,58,65)(H,59,66)(H,63,64)/t34-,36+,42+,50-/m1/s1. The number of alkyl halides is 3. The Labute approximate surface area is 416 Å². The van der Waals surface area contributed by atoms with Crippen molar-refractivity contribution in [2.24, 2.45) is 18.9 Å². The summed E-state index contributed by atoms with van der Waals surface area (Å²) in [5, 5.41) is 16.6. The van der Waals surface area contributed by atoms with E-state index in [2.05, 4.69) is 58.9 Å². The number of nitrogens with zero attached hydrogens (tertiary/aromatic N) is 4. The number of amides is 2. The molecule has 1 saturated heterocycles. The number of aromatic nitrogens is 2. The van der Waals surface area contributed by atoms with Gasteiger partial charge in [0.2, 0.25) is 11.8 Å². The fourth-order valence-electron chi connectivity index (χ4n) is 8.46. The van der Waals surface area contributed by atoms with Crippen LogP contribution in [0.5, 0.6) is 11.5 Å². The van der Waals surface area contributed by atoms with Gasteiger partial charge in [-0.3, -0.25) is 14.4 Å². The van der Waals surface area contributed by atoms with Crippen molar-refractivity contribution in [2.75, 3.05) is 40.3 Å². The number of nitrogens with one attached hydrogen (secondary N) is 2. The maximum atomic E-state index is 14.7. The maximum Gasteiger partial charge on any atom is 0.389 e. The molecule has 4 atom stereocenters. The van der Waals surface area contributed by atoms with E-state index < -0.39 is 62.6 Å². The number of ether oxygens (including phenoxy) is 1. The van der Waals surface area contributed by atoms with Crippen molar-refractivity contribution >= 4 is 49.3 Å². The second-order valence-corrected chi connectivity index (χ2v) is 26.2. The molecular formula is C51H69Cl2F3N6O6Si. The lowest BCUT2D eigenvalue weighted by molar-refractivity contribution is -0.152. The van der Waals surface area contributed by atoms with Crippen molar-refractivity contribution in [3.05, 3.63) is 99.9 Å². The van der Waals surface area contributed by atoms with Crippen LogP contribution >= 0.6 is 23.2 Å². The van der Waals surface area contributed by atoms with Crippen LogP contribution in [0.1, 0.15) is 76.8 Å². The van der Waals surface area contributed by atoms with E-state index in [1.54, 1.807) is 31.2 Å². The molecule has 0 unspecified atom stereocenters. The minimum Gasteiger partial charge on any atom is -0.481 e. The van der Waals surface area contributed by atoms with Crippen molar-refractivity contribution in [3.8, 4) is 22.8 Å². The van der Waals surface area contributed by atoms with Crippen LogP contribution in [0.15, 0.2) is 72.9 Å². The number of carbonyl (C=O) groups excluding carboxylic acids is 2. The minimum absolute atomic E-state index is 0.0976. The smallest absolute Gasteiger partial charge is 0.389 e. The highest BCUT2D eigenvalue weighted by molar-refractivity contribution is 6.74. The van der Waals surface area contributed by atoms with Crippen LogP contribution < -0.4 is 15.4 Å². The highest BCUT2D eigenvalue weighted by Crippen LogP contribution is 2.37. The number of hydrogen-bond acceptors (Lipinski definition) is 8. The second-order valence-electron chi connectivity index (χ2n) is 20.5. The fraction of sp³-hybridized carbons (Fsp3) is 0.529. The number of carbonyl (C=O) groups is 3. The molecule has 69 heavy (non-hydrogen) atoms. The van der Waals surface area contributed by atoms with Crippen molar-refractivity contribution in [2.45, 2.75) is 115 Å². The first-order chi connectivity index (χ1) is 32.2. The number of piperidine rings is 1. The number of imidazole rings is 1. The molecule has 2 amide bonds. The molecule has 0 saturated carbocycles. The van der Waals surface area contributed by atoms with Gasteiger partial charge in [-0.15, -0.1) is 0 Å². The molecule has 2 heterocycles. The van der Waals surface area contributed by atoms with E-state index in [4.69, 9.17) is 32.4 Å². The van der Waals surface area contributed by atoms with E-state index in [1.165, 1.54) is 0 Å². The monoisotopic (exact) mass is 1020 g/mol. The van der Waals surface area contributed by atoms with Crippen molar-refractivity contribution in [1.29, 1.82) is 0 Å². The van der Waals surface area contributed by atoms with E-state index >= 15 is 0 Å². The summed E-state index contributed by atoms with van der Waals surface area (Å²) in [6, 6.07) is 19.2. The van der Waals surface area contributed by atoms with Gasteiger partial charge in [0.05, 0.1) is 30.6 Å². The molecule has 18 heteroatoms. The molecule has 0 aliphatic carbocycles. The molecular weight excluding hydrogens is 949 g/mol. The molecule has 1 fully saturated rings. The van der Waals surface area contributed by atoms with Crippen molar-refractivity contribution in [3.63, 3.8) is 0 Å². The number of carboxylic acids is 1. The van der Waals surface area contributed by atoms with E-state index in [1.807, 2.05) is 74.7 Å². The number of aryl methyl sites for hydroxylation is 1. The molecule has 4 aromatic rings. The first-order valence-corrected chi connectivity index (χ1v) is 27.1. The summed E-state index contributed by atoms with van der Waals surface area (Å²) in [7, 11) is 3.55. The van der Waals surface area contributed by atoms with Gasteiger partial charge >= 0.3 is 12.1 Å². The van der Waals surface area contributed by atoms with Crippen LogP contribution in [0.25, 0.3) is 11.3 Å². The van der Waals surface area contributed by atoms with E-state index in [9.17, 15) is 32.7 Å². The summed E-state index contributed by atoms with van der Waals surface area (Å²) >= 11 is 12.7. The van der Waals surface area contributed by atoms with Gasteiger partial charge in [-0.25, -0.2) is 4.98 Å². The average Bonchev–Trinajstić information content (AvgIpc) is 3.59. The number of aliphatic carboxylic acids is 1. The molecule has 0 radical (unpaired) electrons. The Morgan fingerprint density at radius 2 is 1.65 bits per heavy atom. The first-order valence-electron chi connectivity index (χ1n) is 23.4. The first kappa shape index (κ1) is 55.5. The largest absolute Gasteiger partial charge is 0.481 e. The van der Waals surface area contributed by atoms with Gasteiger partial charge in [-0.2, -0.15) is 13.2 Å². The number of rotatable bonds is 22. The number of hydrogen-bond donors (Lipinski definition) is 3. The topological polar surface area (TPSA) is 138 Å². The molecule has 3 N–H and O–H groups in total. The third-order valence-electron chi connectivity index (χ3n) is 13.3. The third kappa shape index (κ3) is 16.6. The zero-order chi connectivity index (χ0) is 50.9. The number of carboxylic acid groups (broad SMARTS) is 1. The normalized spacial score (nSPS) is 17.3. The Hall–Kier alpha value is -4.45. The predicted molar refractivity (Wildman–Crippen MR) is 268 cm³/mol. The minimum atomic E-state index is -4.55. The molecule has 1 aromatic heterocycles. The summed E-state index contributed by atoms with van der Waals surface area (Å²) in [5.74, 6) is -1.78. The van der Waals surface area contributed by atoms with Crippen LogP contribution in [0, 0.1) is 11.8 Å². The van der Waals surface area contributed by atoms with Gasteiger partial charge in [0.25, 0.3) is 0 Å². The summed E-state index contributed by atoms with van der Waals surface area (Å²) in [5.41, 5.74) is 2.65. The van der Waals surface area contributed by atoms with Gasteiger partial charge in [0.15, 0.2) is 8.32 Å². The van der Waals surface area contributed by atoms with Crippen molar-refractivity contribution < 1.29 is 41.8 Å². The molecule has 378 valence electrons. The Morgan fingerprint density at radius 1 is 0.986 bits per heavy atom. The summed E-state index contributed by atoms with van der Waals surface area (Å²) in [6.45, 7) is 13.2. The average molecular weight is 1020 g/mol. The van der Waals surface area contributed by atoms with Crippen molar-refractivity contribution in [1.82, 2.24) is 30.0 Å². The Bertz CT molecular complexity index is 2360. The Morgan fingerprint density at radius 3 is 2.28 bits per heavy atom. The molecule has 12 nitrogen and oxygen atoms in total.